The smallest absolute Gasteiger partial charge is 0.356 e. The van der Waals surface area contributed by atoms with Crippen molar-refractivity contribution >= 4 is 5.97 Å². The fourth-order valence-corrected chi connectivity index (χ4v) is 1.19. The molecule has 2 rings (SSSR count). The van der Waals surface area contributed by atoms with Gasteiger partial charge in [0.15, 0.2) is 5.69 Å². The van der Waals surface area contributed by atoms with Gasteiger partial charge in [-0.2, -0.15) is 5.26 Å². The molecule has 0 radical (unpaired) electrons. The minimum absolute atomic E-state index is 0.0656. The molecule has 0 bridgehead atoms. The Morgan fingerprint density at radius 1 is 1.50 bits per heavy atom. The lowest BCUT2D eigenvalue weighted by Crippen LogP contribution is -1.97. The van der Waals surface area contributed by atoms with E-state index in [9.17, 15) is 4.79 Å². The molecule has 0 saturated heterocycles. The number of carboxylic acids is 1. The van der Waals surface area contributed by atoms with Crippen LogP contribution in [0.25, 0.3) is 5.82 Å². The lowest BCUT2D eigenvalue weighted by molar-refractivity contribution is 0.0691. The van der Waals surface area contributed by atoms with Crippen LogP contribution in [-0.4, -0.2) is 25.6 Å². The second-order valence-corrected chi connectivity index (χ2v) is 2.96. The van der Waals surface area contributed by atoms with Gasteiger partial charge in [-0.25, -0.2) is 14.8 Å². The van der Waals surface area contributed by atoms with Gasteiger partial charge in [0, 0.05) is 6.20 Å². The van der Waals surface area contributed by atoms with E-state index in [1.807, 2.05) is 6.07 Å². The summed E-state index contributed by atoms with van der Waals surface area (Å²) in [6.07, 6.45) is 2.68. The molecular weight excluding hydrogens is 208 g/mol. The number of carboxylic acid groups (broad SMARTS) is 1. The van der Waals surface area contributed by atoms with E-state index in [1.54, 1.807) is 18.2 Å². The molecule has 0 spiro atoms. The van der Waals surface area contributed by atoms with E-state index in [4.69, 9.17) is 10.4 Å². The average molecular weight is 214 g/mol. The predicted molar refractivity (Wildman–Crippen MR) is 53.0 cm³/mol. The minimum atomic E-state index is -1.10. The number of rotatable bonds is 2. The lowest BCUT2D eigenvalue weighted by atomic mass is 10.3. The molecule has 1 N–H and O–H groups in total. The molecule has 0 unspecified atom stereocenters. The molecule has 2 aromatic rings. The third kappa shape index (κ3) is 1.74. The Hall–Kier alpha value is -2.68. The largest absolute Gasteiger partial charge is 0.476 e. The summed E-state index contributed by atoms with van der Waals surface area (Å²) in [6, 6.07) is 6.80. The summed E-state index contributed by atoms with van der Waals surface area (Å²) >= 11 is 0. The summed E-state index contributed by atoms with van der Waals surface area (Å²) in [5.74, 6) is -0.644. The molecule has 0 aliphatic heterocycles. The quantitative estimate of drug-likeness (QED) is 0.799. The van der Waals surface area contributed by atoms with Crippen molar-refractivity contribution in [1.29, 1.82) is 5.26 Å². The van der Waals surface area contributed by atoms with E-state index in [-0.39, 0.29) is 11.4 Å². The molecule has 0 aromatic carbocycles. The normalized spacial score (nSPS) is 9.69. The van der Waals surface area contributed by atoms with E-state index >= 15 is 0 Å². The number of imidazole rings is 1. The molecule has 2 heterocycles. The zero-order valence-electron chi connectivity index (χ0n) is 8.03. The van der Waals surface area contributed by atoms with Gasteiger partial charge in [0.05, 0.1) is 0 Å². The monoisotopic (exact) mass is 214 g/mol. The molecule has 0 aliphatic rings. The predicted octanol–water partition coefficient (Wildman–Crippen LogP) is 0.837. The van der Waals surface area contributed by atoms with E-state index in [0.29, 0.717) is 5.82 Å². The van der Waals surface area contributed by atoms with Crippen LogP contribution in [0, 0.1) is 11.3 Å². The van der Waals surface area contributed by atoms with Crippen LogP contribution in [0.2, 0.25) is 0 Å². The standard InChI is InChI=1S/C10H6N4O2/c11-4-7-2-1-3-9(13-7)14-5-8(10(15)16)12-6-14/h1-3,5-6H,(H,15,16). The van der Waals surface area contributed by atoms with Crippen molar-refractivity contribution in [3.05, 3.63) is 42.1 Å². The summed E-state index contributed by atoms with van der Waals surface area (Å²) < 4.78 is 1.45. The first kappa shape index (κ1) is 9.86. The fourth-order valence-electron chi connectivity index (χ4n) is 1.19. The molecular formula is C10H6N4O2. The molecule has 6 heteroatoms. The maximum Gasteiger partial charge on any atom is 0.356 e. The first-order valence-electron chi connectivity index (χ1n) is 4.35. The summed E-state index contributed by atoms with van der Waals surface area (Å²) in [4.78, 5) is 18.3. The molecule has 16 heavy (non-hydrogen) atoms. The molecule has 6 nitrogen and oxygen atoms in total. The van der Waals surface area contributed by atoms with Crippen LogP contribution < -0.4 is 0 Å². The molecule has 2 aromatic heterocycles. The van der Waals surface area contributed by atoms with Gasteiger partial charge in [0.25, 0.3) is 0 Å². The summed E-state index contributed by atoms with van der Waals surface area (Å²) in [5.41, 5.74) is 0.201. The first-order chi connectivity index (χ1) is 7.70. The van der Waals surface area contributed by atoms with Crippen molar-refractivity contribution in [2.24, 2.45) is 0 Å². The number of aromatic carboxylic acids is 1. The van der Waals surface area contributed by atoms with Gasteiger partial charge in [-0.05, 0) is 12.1 Å². The van der Waals surface area contributed by atoms with Gasteiger partial charge in [-0.1, -0.05) is 6.07 Å². The highest BCUT2D eigenvalue weighted by atomic mass is 16.4. The van der Waals surface area contributed by atoms with Gasteiger partial charge in [-0.15, -0.1) is 0 Å². The van der Waals surface area contributed by atoms with E-state index in [0.717, 1.165) is 0 Å². The number of carbonyl (C=O) groups is 1. The van der Waals surface area contributed by atoms with Gasteiger partial charge in [0.2, 0.25) is 0 Å². The van der Waals surface area contributed by atoms with Crippen LogP contribution >= 0.6 is 0 Å². The summed E-state index contributed by atoms with van der Waals surface area (Å²) in [5, 5.41) is 17.4. The second-order valence-electron chi connectivity index (χ2n) is 2.96. The number of nitrogens with zero attached hydrogens (tertiary/aromatic N) is 4. The van der Waals surface area contributed by atoms with Crippen molar-refractivity contribution in [2.75, 3.05) is 0 Å². The van der Waals surface area contributed by atoms with E-state index < -0.39 is 5.97 Å². The molecule has 0 amide bonds. The Morgan fingerprint density at radius 3 is 2.94 bits per heavy atom. The number of hydrogen-bond acceptors (Lipinski definition) is 4. The molecule has 78 valence electrons. The van der Waals surface area contributed by atoms with Crippen LogP contribution in [0.4, 0.5) is 0 Å². The zero-order valence-corrected chi connectivity index (χ0v) is 8.03. The third-order valence-electron chi connectivity index (χ3n) is 1.92. The lowest BCUT2D eigenvalue weighted by Gasteiger charge is -1.99. The SMILES string of the molecule is N#Cc1cccc(-n2cnc(C(=O)O)c2)n1. The fraction of sp³-hybridized carbons (Fsp3) is 0. The molecule has 0 aliphatic carbocycles. The van der Waals surface area contributed by atoms with E-state index in [2.05, 4.69) is 9.97 Å². The zero-order chi connectivity index (χ0) is 11.5. The van der Waals surface area contributed by atoms with Crippen molar-refractivity contribution in [2.45, 2.75) is 0 Å². The Morgan fingerprint density at radius 2 is 2.31 bits per heavy atom. The second kappa shape index (κ2) is 3.82. The van der Waals surface area contributed by atoms with Gasteiger partial charge in [0.1, 0.15) is 23.9 Å². The van der Waals surface area contributed by atoms with Gasteiger partial charge >= 0.3 is 5.97 Å². The maximum atomic E-state index is 10.6. The highest BCUT2D eigenvalue weighted by Gasteiger charge is 2.08. The molecule has 0 fully saturated rings. The number of pyridine rings is 1. The Labute approximate surface area is 90.4 Å². The van der Waals surface area contributed by atoms with Gasteiger partial charge in [-0.3, -0.25) is 4.57 Å². The summed E-state index contributed by atoms with van der Waals surface area (Å²) in [7, 11) is 0. The van der Waals surface area contributed by atoms with Crippen molar-refractivity contribution in [1.82, 2.24) is 14.5 Å². The average Bonchev–Trinajstić information content (AvgIpc) is 2.78. The van der Waals surface area contributed by atoms with E-state index in [1.165, 1.54) is 17.1 Å². The topological polar surface area (TPSA) is 91.8 Å². The van der Waals surface area contributed by atoms with Crippen molar-refractivity contribution < 1.29 is 9.90 Å². The van der Waals surface area contributed by atoms with Gasteiger partial charge < -0.3 is 5.11 Å². The van der Waals surface area contributed by atoms with Crippen LogP contribution in [0.15, 0.2) is 30.7 Å². The highest BCUT2D eigenvalue weighted by Crippen LogP contribution is 2.06. The molecule has 0 atom stereocenters. The Kier molecular flexibility index (Phi) is 2.36. The first-order valence-corrected chi connectivity index (χ1v) is 4.35. The molecule has 0 saturated carbocycles. The van der Waals surface area contributed by atoms with Crippen LogP contribution in [-0.2, 0) is 0 Å². The minimum Gasteiger partial charge on any atom is -0.476 e. The van der Waals surface area contributed by atoms with Crippen LogP contribution in [0.5, 0.6) is 0 Å². The summed E-state index contributed by atoms with van der Waals surface area (Å²) in [6.45, 7) is 0. The number of nitriles is 1. The Balaban J connectivity index is 2.43. The highest BCUT2D eigenvalue weighted by molar-refractivity contribution is 5.85. The maximum absolute atomic E-state index is 10.6. The number of aromatic nitrogens is 3. The Bertz CT molecular complexity index is 583. The third-order valence-corrected chi connectivity index (χ3v) is 1.92. The van der Waals surface area contributed by atoms with Crippen LogP contribution in [0.3, 0.4) is 0 Å². The van der Waals surface area contributed by atoms with Crippen molar-refractivity contribution in [3.8, 4) is 11.9 Å². The van der Waals surface area contributed by atoms with Crippen molar-refractivity contribution in [3.63, 3.8) is 0 Å². The van der Waals surface area contributed by atoms with Crippen LogP contribution in [0.1, 0.15) is 16.2 Å². The number of hydrogen-bond donors (Lipinski definition) is 1.